The lowest BCUT2D eigenvalue weighted by Crippen LogP contribution is -2.42. The van der Waals surface area contributed by atoms with E-state index in [1.807, 2.05) is 0 Å². The molecule has 2 rings (SSSR count). The van der Waals surface area contributed by atoms with Crippen molar-refractivity contribution in [1.82, 2.24) is 10.6 Å². The minimum Gasteiger partial charge on any atom is -0.508 e. The fourth-order valence-electron chi connectivity index (χ4n) is 2.22. The molecule has 0 aliphatic carbocycles. The Morgan fingerprint density at radius 2 is 1.94 bits per heavy atom. The van der Waals surface area contributed by atoms with Crippen LogP contribution in [0.5, 0.6) is 5.75 Å². The molecule has 0 bridgehead atoms. The predicted octanol–water partition coefficient (Wildman–Crippen LogP) is 1.51. The quantitative estimate of drug-likeness (QED) is 0.760. The van der Waals surface area contributed by atoms with Crippen LogP contribution in [0.2, 0.25) is 0 Å². The Hall–Kier alpha value is -1.55. The van der Waals surface area contributed by atoms with E-state index in [1.165, 1.54) is 12.1 Å². The number of hydrogen-bond acceptors (Lipinski definition) is 3. The van der Waals surface area contributed by atoms with E-state index in [4.69, 9.17) is 0 Å². The summed E-state index contributed by atoms with van der Waals surface area (Å²) in [6.07, 6.45) is 2.17. The van der Waals surface area contributed by atoms with Gasteiger partial charge in [-0.25, -0.2) is 0 Å². The van der Waals surface area contributed by atoms with Gasteiger partial charge in [0.25, 0.3) is 5.91 Å². The van der Waals surface area contributed by atoms with Crippen LogP contribution >= 0.6 is 0 Å². The van der Waals surface area contributed by atoms with Crippen molar-refractivity contribution < 1.29 is 9.90 Å². The van der Waals surface area contributed by atoms with Gasteiger partial charge in [-0.3, -0.25) is 4.79 Å². The molecule has 1 fully saturated rings. The maximum atomic E-state index is 11.9. The first kappa shape index (κ1) is 12.9. The summed E-state index contributed by atoms with van der Waals surface area (Å²) in [5.74, 6) is 0.103. The lowest BCUT2D eigenvalue weighted by atomic mass is 9.81. The fraction of sp³-hybridized carbons (Fsp3) is 0.500. The molecule has 0 radical (unpaired) electrons. The molecule has 1 aromatic rings. The summed E-state index contributed by atoms with van der Waals surface area (Å²) >= 11 is 0. The molecule has 4 heteroatoms. The maximum Gasteiger partial charge on any atom is 0.251 e. The van der Waals surface area contributed by atoms with Crippen LogP contribution in [0.1, 0.15) is 30.1 Å². The number of amides is 1. The van der Waals surface area contributed by atoms with Crippen molar-refractivity contribution in [3.8, 4) is 5.75 Å². The molecule has 1 heterocycles. The van der Waals surface area contributed by atoms with Crippen molar-refractivity contribution in [3.63, 3.8) is 0 Å². The van der Waals surface area contributed by atoms with Crippen LogP contribution in [0.4, 0.5) is 0 Å². The number of aromatic hydroxyl groups is 1. The molecule has 1 amide bonds. The molecule has 1 aliphatic rings. The lowest BCUT2D eigenvalue weighted by molar-refractivity contribution is 0.0922. The number of hydrogen-bond donors (Lipinski definition) is 3. The van der Waals surface area contributed by atoms with E-state index in [9.17, 15) is 9.90 Å². The molecule has 18 heavy (non-hydrogen) atoms. The molecule has 1 aliphatic heterocycles. The number of phenolic OH excluding ortho intramolecular Hbond substituents is 1. The standard InChI is InChI=1S/C14H20N2O2/c1-14(6-8-15-9-7-14)10-16-13(18)11-2-4-12(17)5-3-11/h2-5,15,17H,6-10H2,1H3,(H,16,18). The van der Waals surface area contributed by atoms with E-state index in [-0.39, 0.29) is 17.1 Å². The second kappa shape index (κ2) is 5.40. The fourth-order valence-corrected chi connectivity index (χ4v) is 2.22. The summed E-state index contributed by atoms with van der Waals surface area (Å²) in [6.45, 7) is 4.95. The summed E-state index contributed by atoms with van der Waals surface area (Å²) in [7, 11) is 0. The molecule has 0 spiro atoms. The van der Waals surface area contributed by atoms with E-state index < -0.39 is 0 Å². The van der Waals surface area contributed by atoms with Crippen LogP contribution in [0.25, 0.3) is 0 Å². The highest BCUT2D eigenvalue weighted by Crippen LogP contribution is 2.26. The number of rotatable bonds is 3. The molecular weight excluding hydrogens is 228 g/mol. The lowest BCUT2D eigenvalue weighted by Gasteiger charge is -2.34. The number of phenols is 1. The van der Waals surface area contributed by atoms with Crippen LogP contribution < -0.4 is 10.6 Å². The van der Waals surface area contributed by atoms with Crippen LogP contribution in [0, 0.1) is 5.41 Å². The zero-order chi connectivity index (χ0) is 13.0. The zero-order valence-corrected chi connectivity index (χ0v) is 10.7. The Morgan fingerprint density at radius 3 is 2.56 bits per heavy atom. The summed E-state index contributed by atoms with van der Waals surface area (Å²) in [5.41, 5.74) is 0.781. The monoisotopic (exact) mass is 248 g/mol. The van der Waals surface area contributed by atoms with Gasteiger partial charge in [-0.05, 0) is 55.6 Å². The predicted molar refractivity (Wildman–Crippen MR) is 70.7 cm³/mol. The highest BCUT2D eigenvalue weighted by Gasteiger charge is 2.27. The van der Waals surface area contributed by atoms with Gasteiger partial charge in [0, 0.05) is 12.1 Å². The smallest absolute Gasteiger partial charge is 0.251 e. The normalized spacial score (nSPS) is 18.3. The summed E-state index contributed by atoms with van der Waals surface area (Å²) in [6, 6.07) is 6.33. The van der Waals surface area contributed by atoms with Crippen LogP contribution in [0.15, 0.2) is 24.3 Å². The Labute approximate surface area is 107 Å². The Bertz CT molecular complexity index is 408. The molecule has 0 saturated carbocycles. The average molecular weight is 248 g/mol. The van der Waals surface area contributed by atoms with Gasteiger partial charge in [0.15, 0.2) is 0 Å². The van der Waals surface area contributed by atoms with E-state index in [0.29, 0.717) is 12.1 Å². The first-order valence-electron chi connectivity index (χ1n) is 6.37. The molecule has 0 atom stereocenters. The minimum absolute atomic E-state index is 0.0743. The number of carbonyl (C=O) groups excluding carboxylic acids is 1. The molecule has 0 unspecified atom stereocenters. The third-order valence-corrected chi connectivity index (χ3v) is 3.62. The summed E-state index contributed by atoms with van der Waals surface area (Å²) in [5, 5.41) is 15.5. The number of benzene rings is 1. The van der Waals surface area contributed by atoms with Gasteiger partial charge in [-0.15, -0.1) is 0 Å². The third kappa shape index (κ3) is 3.23. The van der Waals surface area contributed by atoms with E-state index in [1.54, 1.807) is 12.1 Å². The van der Waals surface area contributed by atoms with Gasteiger partial charge in [0.1, 0.15) is 5.75 Å². The first-order valence-corrected chi connectivity index (χ1v) is 6.37. The van der Waals surface area contributed by atoms with Crippen molar-refractivity contribution >= 4 is 5.91 Å². The molecule has 1 aromatic carbocycles. The van der Waals surface area contributed by atoms with Crippen molar-refractivity contribution in [2.75, 3.05) is 19.6 Å². The van der Waals surface area contributed by atoms with Gasteiger partial charge in [0.05, 0.1) is 0 Å². The van der Waals surface area contributed by atoms with Crippen LogP contribution in [0.3, 0.4) is 0 Å². The Morgan fingerprint density at radius 1 is 1.33 bits per heavy atom. The van der Waals surface area contributed by atoms with Gasteiger partial charge >= 0.3 is 0 Å². The second-order valence-corrected chi connectivity index (χ2v) is 5.29. The molecule has 4 nitrogen and oxygen atoms in total. The van der Waals surface area contributed by atoms with E-state index in [2.05, 4.69) is 17.6 Å². The Balaban J connectivity index is 1.89. The topological polar surface area (TPSA) is 61.4 Å². The summed E-state index contributed by atoms with van der Waals surface area (Å²) in [4.78, 5) is 11.9. The molecule has 1 saturated heterocycles. The molecule has 98 valence electrons. The third-order valence-electron chi connectivity index (χ3n) is 3.62. The molecule has 3 N–H and O–H groups in total. The maximum absolute atomic E-state index is 11.9. The largest absolute Gasteiger partial charge is 0.508 e. The van der Waals surface area contributed by atoms with Crippen molar-refractivity contribution in [3.05, 3.63) is 29.8 Å². The average Bonchev–Trinajstić information content (AvgIpc) is 2.38. The molecular formula is C14H20N2O2. The molecule has 0 aromatic heterocycles. The van der Waals surface area contributed by atoms with Crippen LogP contribution in [-0.4, -0.2) is 30.6 Å². The number of nitrogens with one attached hydrogen (secondary N) is 2. The van der Waals surface area contributed by atoms with Gasteiger partial charge in [0.2, 0.25) is 0 Å². The number of carbonyl (C=O) groups is 1. The first-order chi connectivity index (χ1) is 8.59. The Kier molecular flexibility index (Phi) is 3.87. The highest BCUT2D eigenvalue weighted by atomic mass is 16.3. The van der Waals surface area contributed by atoms with Crippen molar-refractivity contribution in [2.45, 2.75) is 19.8 Å². The van der Waals surface area contributed by atoms with Gasteiger partial charge < -0.3 is 15.7 Å². The minimum atomic E-state index is -0.0743. The van der Waals surface area contributed by atoms with Gasteiger partial charge in [-0.2, -0.15) is 0 Å². The van der Waals surface area contributed by atoms with Crippen molar-refractivity contribution in [1.29, 1.82) is 0 Å². The highest BCUT2D eigenvalue weighted by molar-refractivity contribution is 5.94. The van der Waals surface area contributed by atoms with Crippen LogP contribution in [-0.2, 0) is 0 Å². The van der Waals surface area contributed by atoms with Gasteiger partial charge in [-0.1, -0.05) is 6.92 Å². The SMILES string of the molecule is CC1(CNC(=O)c2ccc(O)cc2)CCNCC1. The number of piperidine rings is 1. The van der Waals surface area contributed by atoms with Crippen molar-refractivity contribution in [2.24, 2.45) is 5.41 Å². The second-order valence-electron chi connectivity index (χ2n) is 5.29. The zero-order valence-electron chi connectivity index (χ0n) is 10.7. The van der Waals surface area contributed by atoms with E-state index in [0.717, 1.165) is 25.9 Å². The summed E-state index contributed by atoms with van der Waals surface area (Å²) < 4.78 is 0. The van der Waals surface area contributed by atoms with E-state index >= 15 is 0 Å².